The fourth-order valence-electron chi connectivity index (χ4n) is 9.71. The molecule has 2 unspecified atom stereocenters. The molecular weight excluding hydrogens is 677 g/mol. The zero-order valence-electron chi connectivity index (χ0n) is 32.3. The van der Waals surface area contributed by atoms with E-state index >= 15 is 0 Å². The Balaban J connectivity index is 0.953. The van der Waals surface area contributed by atoms with Gasteiger partial charge in [0.25, 0.3) is 0 Å². The fraction of sp³-hybridized carbons (Fsp3) is 0.222. The molecule has 0 radical (unpaired) electrons. The molecule has 2 atom stereocenters. The van der Waals surface area contributed by atoms with E-state index in [9.17, 15) is 0 Å². The number of rotatable bonds is 8. The smallest absolute Gasteiger partial charge is 0.0560 e. The zero-order valence-corrected chi connectivity index (χ0v) is 32.3. The third kappa shape index (κ3) is 6.72. The molecule has 0 amide bonds. The lowest BCUT2D eigenvalue weighted by atomic mass is 9.86. The van der Waals surface area contributed by atoms with Crippen LogP contribution in [-0.4, -0.2) is 10.6 Å². The Morgan fingerprint density at radius 2 is 1.41 bits per heavy atom. The van der Waals surface area contributed by atoms with E-state index < -0.39 is 0 Å². The van der Waals surface area contributed by atoms with Crippen LogP contribution in [0.2, 0.25) is 0 Å². The van der Waals surface area contributed by atoms with Gasteiger partial charge in [-0.15, -0.1) is 0 Å². The summed E-state index contributed by atoms with van der Waals surface area (Å²) in [5.74, 6) is 0.619. The second-order valence-electron chi connectivity index (χ2n) is 16.1. The molecule has 0 saturated carbocycles. The van der Waals surface area contributed by atoms with Gasteiger partial charge in [0.15, 0.2) is 0 Å². The monoisotopic (exact) mass is 726 g/mol. The molecule has 4 aromatic carbocycles. The van der Waals surface area contributed by atoms with Crippen molar-refractivity contribution in [1.82, 2.24) is 4.57 Å². The van der Waals surface area contributed by atoms with Gasteiger partial charge in [-0.25, -0.2) is 0 Å². The third-order valence-corrected chi connectivity index (χ3v) is 12.7. The number of nitrogens with zero attached hydrogens (tertiary/aromatic N) is 2. The molecule has 5 aliphatic rings. The summed E-state index contributed by atoms with van der Waals surface area (Å²) < 4.78 is 2.64. The minimum absolute atomic E-state index is 0.245. The topological polar surface area (TPSA) is 8.17 Å². The lowest BCUT2D eigenvalue weighted by molar-refractivity contribution is 0.618. The van der Waals surface area contributed by atoms with Gasteiger partial charge < -0.3 is 9.47 Å². The molecule has 10 rings (SSSR count). The average Bonchev–Trinajstić information content (AvgIpc) is 3.61. The highest BCUT2D eigenvalue weighted by molar-refractivity contribution is 5.96. The SMILES string of the molecule is C1=CC(C2=Cc3c(n(C4=CC=C(c5ccc(N(c6ccccc6)C6C=CC(c7ccccc7)=CC6)cc5)CC4)c4ccc(C5CC=CCC5)cc34)CC2)=CCC1. The molecule has 2 nitrogen and oxygen atoms in total. The number of benzene rings is 4. The first-order chi connectivity index (χ1) is 27.8. The van der Waals surface area contributed by atoms with Crippen molar-refractivity contribution in [3.8, 4) is 0 Å². The second kappa shape index (κ2) is 15.3. The molecule has 5 aliphatic carbocycles. The van der Waals surface area contributed by atoms with Gasteiger partial charge in [-0.2, -0.15) is 0 Å². The van der Waals surface area contributed by atoms with Crippen LogP contribution >= 0.6 is 0 Å². The number of fused-ring (bicyclic) bond motifs is 3. The maximum Gasteiger partial charge on any atom is 0.0560 e. The number of hydrogen-bond acceptors (Lipinski definition) is 1. The first-order valence-electron chi connectivity index (χ1n) is 21.0. The molecule has 0 aliphatic heterocycles. The van der Waals surface area contributed by atoms with Crippen LogP contribution in [0.15, 0.2) is 175 Å². The van der Waals surface area contributed by atoms with E-state index in [2.05, 4.69) is 179 Å². The predicted octanol–water partition coefficient (Wildman–Crippen LogP) is 14.3. The molecule has 0 bridgehead atoms. The van der Waals surface area contributed by atoms with Crippen LogP contribution in [0.3, 0.4) is 0 Å². The maximum atomic E-state index is 2.64. The third-order valence-electron chi connectivity index (χ3n) is 12.7. The number of para-hydroxylation sites is 1. The molecule has 2 heteroatoms. The van der Waals surface area contributed by atoms with Gasteiger partial charge in [0.05, 0.1) is 11.6 Å². The van der Waals surface area contributed by atoms with Crippen molar-refractivity contribution >= 4 is 45.2 Å². The fourth-order valence-corrected chi connectivity index (χ4v) is 9.71. The maximum absolute atomic E-state index is 2.64. The summed E-state index contributed by atoms with van der Waals surface area (Å²) in [5.41, 5.74) is 17.9. The first-order valence-corrected chi connectivity index (χ1v) is 21.0. The van der Waals surface area contributed by atoms with Crippen molar-refractivity contribution in [2.75, 3.05) is 4.90 Å². The summed E-state index contributed by atoms with van der Waals surface area (Å²) in [4.78, 5) is 2.49. The molecule has 5 aromatic rings. The summed E-state index contributed by atoms with van der Waals surface area (Å²) in [6, 6.07) is 38.5. The Bertz CT molecular complexity index is 2510. The summed E-state index contributed by atoms with van der Waals surface area (Å²) in [6.45, 7) is 0. The molecule has 1 aromatic heterocycles. The summed E-state index contributed by atoms with van der Waals surface area (Å²) >= 11 is 0. The Morgan fingerprint density at radius 1 is 0.589 bits per heavy atom. The lowest BCUT2D eigenvalue weighted by Gasteiger charge is -2.33. The number of allylic oxidation sites excluding steroid dienone is 13. The Morgan fingerprint density at radius 3 is 2.14 bits per heavy atom. The van der Waals surface area contributed by atoms with Crippen molar-refractivity contribution in [2.24, 2.45) is 0 Å². The van der Waals surface area contributed by atoms with Crippen LogP contribution < -0.4 is 4.90 Å². The van der Waals surface area contributed by atoms with Crippen LogP contribution in [0.1, 0.15) is 91.7 Å². The van der Waals surface area contributed by atoms with Gasteiger partial charge >= 0.3 is 0 Å². The number of hydrogen-bond donors (Lipinski definition) is 0. The summed E-state index contributed by atoms with van der Waals surface area (Å²) in [7, 11) is 0. The van der Waals surface area contributed by atoms with E-state index in [0.29, 0.717) is 5.92 Å². The van der Waals surface area contributed by atoms with E-state index in [0.717, 1.165) is 51.4 Å². The number of aromatic nitrogens is 1. The highest BCUT2D eigenvalue weighted by atomic mass is 15.2. The second-order valence-corrected chi connectivity index (χ2v) is 16.1. The first kappa shape index (κ1) is 34.6. The van der Waals surface area contributed by atoms with Gasteiger partial charge in [0, 0.05) is 33.7 Å². The normalized spacial score (nSPS) is 20.5. The van der Waals surface area contributed by atoms with Gasteiger partial charge in [0.2, 0.25) is 0 Å². The lowest BCUT2D eigenvalue weighted by Crippen LogP contribution is -2.30. The molecule has 56 heavy (non-hydrogen) atoms. The molecule has 0 saturated heterocycles. The molecular formula is C54H50N2. The quantitative estimate of drug-likeness (QED) is 0.145. The largest absolute Gasteiger partial charge is 0.334 e. The van der Waals surface area contributed by atoms with E-state index in [1.807, 2.05) is 0 Å². The van der Waals surface area contributed by atoms with Crippen LogP contribution in [-0.2, 0) is 6.42 Å². The molecule has 0 N–H and O–H groups in total. The average molecular weight is 727 g/mol. The minimum atomic E-state index is 0.245. The zero-order chi connectivity index (χ0) is 37.3. The predicted molar refractivity (Wildman–Crippen MR) is 239 cm³/mol. The van der Waals surface area contributed by atoms with Crippen molar-refractivity contribution < 1.29 is 0 Å². The van der Waals surface area contributed by atoms with Crippen LogP contribution in [0, 0.1) is 0 Å². The van der Waals surface area contributed by atoms with E-state index in [-0.39, 0.29) is 6.04 Å². The summed E-state index contributed by atoms with van der Waals surface area (Å²) in [6.07, 6.45) is 37.4. The summed E-state index contributed by atoms with van der Waals surface area (Å²) in [5, 5.41) is 1.43. The van der Waals surface area contributed by atoms with Gasteiger partial charge in [-0.05, 0) is 158 Å². The van der Waals surface area contributed by atoms with E-state index in [4.69, 9.17) is 0 Å². The van der Waals surface area contributed by atoms with Gasteiger partial charge in [-0.1, -0.05) is 121 Å². The van der Waals surface area contributed by atoms with Crippen LogP contribution in [0.25, 0.3) is 33.8 Å². The van der Waals surface area contributed by atoms with Crippen molar-refractivity contribution in [3.05, 3.63) is 203 Å². The molecule has 0 spiro atoms. The minimum Gasteiger partial charge on any atom is -0.334 e. The van der Waals surface area contributed by atoms with E-state index in [1.165, 1.54) is 91.1 Å². The van der Waals surface area contributed by atoms with Gasteiger partial charge in [-0.3, -0.25) is 0 Å². The molecule has 0 fully saturated rings. The van der Waals surface area contributed by atoms with E-state index in [1.54, 1.807) is 0 Å². The Labute approximate surface area is 332 Å². The van der Waals surface area contributed by atoms with Gasteiger partial charge in [0.1, 0.15) is 0 Å². The highest BCUT2D eigenvalue weighted by Gasteiger charge is 2.26. The highest BCUT2D eigenvalue weighted by Crippen LogP contribution is 2.43. The Hall–Kier alpha value is -5.86. The van der Waals surface area contributed by atoms with Crippen molar-refractivity contribution in [3.63, 3.8) is 0 Å². The van der Waals surface area contributed by atoms with Crippen LogP contribution in [0.5, 0.6) is 0 Å². The van der Waals surface area contributed by atoms with Crippen LogP contribution in [0.4, 0.5) is 11.4 Å². The molecule has 276 valence electrons. The van der Waals surface area contributed by atoms with Crippen molar-refractivity contribution in [2.45, 2.75) is 76.2 Å². The standard InChI is InChI=1S/C54H50N2/c1-5-13-39(14-6-1)42-21-29-48(30-22-42)55(47-19-11-4-12-20-47)49-31-23-43(24-32-49)44-25-33-50(34-26-44)56-53-35-27-45(40-15-7-2-8-16-40)37-51(53)52-38-46(28-36-54(52)56)41-17-9-3-10-18-41/h1-2,4-7,9,11-14,17-25,27,29,31-33,35,37-38,40,48H,3,8,10,15-16,26,28,30,34,36H2. The number of anilines is 2. The Kier molecular flexibility index (Phi) is 9.49. The molecule has 1 heterocycles. The van der Waals surface area contributed by atoms with Crippen molar-refractivity contribution in [1.29, 1.82) is 0 Å².